The van der Waals surface area contributed by atoms with E-state index in [4.69, 9.17) is 9.47 Å². The first-order chi connectivity index (χ1) is 17.3. The molecular weight excluding hydrogens is 432 g/mol. The highest BCUT2D eigenvalue weighted by molar-refractivity contribution is 5.17. The lowest BCUT2D eigenvalue weighted by molar-refractivity contribution is -0.190. The molecule has 0 spiro atoms. The van der Waals surface area contributed by atoms with Crippen LogP contribution in [0.2, 0.25) is 0 Å². The quantitative estimate of drug-likeness (QED) is 0.466. The van der Waals surface area contributed by atoms with Crippen molar-refractivity contribution in [3.63, 3.8) is 0 Å². The van der Waals surface area contributed by atoms with Crippen molar-refractivity contribution in [1.82, 2.24) is 9.80 Å². The first kappa shape index (κ1) is 25.0. The largest absolute Gasteiger partial charge is 0.371 e. The van der Waals surface area contributed by atoms with Crippen LogP contribution in [0.5, 0.6) is 0 Å². The molecule has 3 aliphatic rings. The number of rotatable bonds is 8. The molecule has 190 valence electrons. The van der Waals surface area contributed by atoms with Crippen LogP contribution in [-0.2, 0) is 22.3 Å². The van der Waals surface area contributed by atoms with Gasteiger partial charge in [0.15, 0.2) is 0 Å². The minimum Gasteiger partial charge on any atom is -0.371 e. The van der Waals surface area contributed by atoms with Gasteiger partial charge >= 0.3 is 0 Å². The molecule has 0 radical (unpaired) electrons. The molecule has 4 nitrogen and oxygen atoms in total. The summed E-state index contributed by atoms with van der Waals surface area (Å²) in [5.41, 5.74) is 3.34. The van der Waals surface area contributed by atoms with Gasteiger partial charge in [0.25, 0.3) is 0 Å². The van der Waals surface area contributed by atoms with E-state index in [2.05, 4.69) is 70.5 Å². The second-order valence-electron chi connectivity index (χ2n) is 11.1. The molecule has 2 heterocycles. The second-order valence-corrected chi connectivity index (χ2v) is 11.1. The molecule has 2 saturated heterocycles. The van der Waals surface area contributed by atoms with Crippen LogP contribution >= 0.6 is 0 Å². The predicted octanol–water partition coefficient (Wildman–Crippen LogP) is 5.56. The van der Waals surface area contributed by atoms with Gasteiger partial charge in [0.2, 0.25) is 0 Å². The number of ether oxygens (including phenoxy) is 2. The fourth-order valence-electron chi connectivity index (χ4n) is 6.43. The van der Waals surface area contributed by atoms with E-state index in [0.29, 0.717) is 18.6 Å². The summed E-state index contributed by atoms with van der Waals surface area (Å²) < 4.78 is 12.5. The summed E-state index contributed by atoms with van der Waals surface area (Å²) in [4.78, 5) is 5.21. The molecule has 4 heteroatoms. The Hall–Kier alpha value is -1.72. The molecule has 1 aliphatic carbocycles. The van der Waals surface area contributed by atoms with Crippen LogP contribution in [0.15, 0.2) is 60.7 Å². The monoisotopic (exact) mass is 476 g/mol. The van der Waals surface area contributed by atoms with E-state index in [0.717, 1.165) is 32.6 Å². The van der Waals surface area contributed by atoms with Crippen molar-refractivity contribution in [2.75, 3.05) is 45.9 Å². The zero-order valence-electron chi connectivity index (χ0n) is 21.5. The van der Waals surface area contributed by atoms with Gasteiger partial charge in [0.05, 0.1) is 19.3 Å². The molecule has 5 rings (SSSR count). The summed E-state index contributed by atoms with van der Waals surface area (Å²) in [6, 6.07) is 21.8. The number of piperazine rings is 1. The van der Waals surface area contributed by atoms with Crippen molar-refractivity contribution in [3.8, 4) is 0 Å². The van der Waals surface area contributed by atoms with Crippen LogP contribution in [0.25, 0.3) is 0 Å². The fraction of sp³-hybridized carbons (Fsp3) is 0.613. The minimum absolute atomic E-state index is 0.121. The van der Waals surface area contributed by atoms with E-state index in [1.807, 2.05) is 0 Å². The molecule has 0 amide bonds. The summed E-state index contributed by atoms with van der Waals surface area (Å²) in [5, 5.41) is 0. The average molecular weight is 477 g/mol. The lowest BCUT2D eigenvalue weighted by atomic mass is 9.72. The predicted molar refractivity (Wildman–Crippen MR) is 143 cm³/mol. The Balaban J connectivity index is 1.07. The highest BCUT2D eigenvalue weighted by Gasteiger charge is 2.33. The van der Waals surface area contributed by atoms with Crippen LogP contribution < -0.4 is 0 Å². The third-order valence-electron chi connectivity index (χ3n) is 8.61. The molecule has 2 unspecified atom stereocenters. The van der Waals surface area contributed by atoms with E-state index in [1.54, 1.807) is 0 Å². The molecule has 2 aliphatic heterocycles. The summed E-state index contributed by atoms with van der Waals surface area (Å²) >= 11 is 0. The highest BCUT2D eigenvalue weighted by atomic mass is 16.6. The second kappa shape index (κ2) is 12.5. The fourth-order valence-corrected chi connectivity index (χ4v) is 6.43. The highest BCUT2D eigenvalue weighted by Crippen LogP contribution is 2.41. The van der Waals surface area contributed by atoms with Gasteiger partial charge in [-0.15, -0.1) is 0 Å². The third kappa shape index (κ3) is 7.16. The summed E-state index contributed by atoms with van der Waals surface area (Å²) in [7, 11) is 0. The van der Waals surface area contributed by atoms with E-state index < -0.39 is 0 Å². The third-order valence-corrected chi connectivity index (χ3v) is 8.61. The van der Waals surface area contributed by atoms with E-state index in [9.17, 15) is 0 Å². The van der Waals surface area contributed by atoms with Crippen LogP contribution in [0.1, 0.15) is 56.1 Å². The van der Waals surface area contributed by atoms with Gasteiger partial charge in [-0.2, -0.15) is 0 Å². The maximum atomic E-state index is 6.27. The van der Waals surface area contributed by atoms with Gasteiger partial charge < -0.3 is 14.4 Å². The summed E-state index contributed by atoms with van der Waals surface area (Å²) in [6.45, 7) is 7.09. The van der Waals surface area contributed by atoms with Gasteiger partial charge in [-0.3, -0.25) is 4.90 Å². The zero-order chi connectivity index (χ0) is 23.8. The Kier molecular flexibility index (Phi) is 8.91. The normalized spacial score (nSPS) is 26.3. The standard InChI is InChI=1S/C31H44N2O2/c1-2-10-16-31(15-9-1,24-28-13-7-4-8-14-28)17-18-32-19-21-33(22-20-32)30-26-34-29(25-35-30)23-27-11-5-3-6-12-27/h3-8,11-14,29-30H,1-2,9-10,15-26H2. The van der Waals surface area contributed by atoms with Crippen LogP contribution in [0.3, 0.4) is 0 Å². The van der Waals surface area contributed by atoms with Crippen LogP contribution in [0, 0.1) is 5.41 Å². The molecule has 2 atom stereocenters. The molecule has 2 aromatic rings. The maximum absolute atomic E-state index is 6.27. The molecule has 0 aromatic heterocycles. The summed E-state index contributed by atoms with van der Waals surface area (Å²) in [6.07, 6.45) is 12.3. The topological polar surface area (TPSA) is 24.9 Å². The minimum atomic E-state index is 0.121. The summed E-state index contributed by atoms with van der Waals surface area (Å²) in [5.74, 6) is 0. The van der Waals surface area contributed by atoms with Crippen molar-refractivity contribution >= 4 is 0 Å². The Labute approximate surface area is 212 Å². The number of benzene rings is 2. The van der Waals surface area contributed by atoms with Gasteiger partial charge in [-0.25, -0.2) is 0 Å². The Morgan fingerprint density at radius 1 is 0.714 bits per heavy atom. The van der Waals surface area contributed by atoms with Gasteiger partial charge in [0, 0.05) is 32.6 Å². The molecule has 0 bridgehead atoms. The molecule has 2 aromatic carbocycles. The lowest BCUT2D eigenvalue weighted by Crippen LogP contribution is -2.55. The van der Waals surface area contributed by atoms with Crippen LogP contribution in [0.4, 0.5) is 0 Å². The van der Waals surface area contributed by atoms with E-state index in [-0.39, 0.29) is 12.3 Å². The van der Waals surface area contributed by atoms with Crippen molar-refractivity contribution in [3.05, 3.63) is 71.8 Å². The van der Waals surface area contributed by atoms with Crippen molar-refractivity contribution in [2.45, 2.75) is 70.1 Å². The molecule has 0 N–H and O–H groups in total. The van der Waals surface area contributed by atoms with Gasteiger partial charge in [-0.1, -0.05) is 86.3 Å². The Bertz CT molecular complexity index is 850. The first-order valence-corrected chi connectivity index (χ1v) is 14.1. The number of hydrogen-bond acceptors (Lipinski definition) is 4. The maximum Gasteiger partial charge on any atom is 0.134 e. The van der Waals surface area contributed by atoms with Gasteiger partial charge in [0.1, 0.15) is 6.23 Å². The van der Waals surface area contributed by atoms with Crippen LogP contribution in [-0.4, -0.2) is 68.1 Å². The molecule has 3 fully saturated rings. The first-order valence-electron chi connectivity index (χ1n) is 14.1. The van der Waals surface area contributed by atoms with E-state index in [1.165, 1.54) is 69.0 Å². The average Bonchev–Trinajstić information content (AvgIpc) is 3.15. The van der Waals surface area contributed by atoms with Crippen molar-refractivity contribution < 1.29 is 9.47 Å². The smallest absolute Gasteiger partial charge is 0.134 e. The molecule has 35 heavy (non-hydrogen) atoms. The van der Waals surface area contributed by atoms with Crippen molar-refractivity contribution in [2.24, 2.45) is 5.41 Å². The number of hydrogen-bond donors (Lipinski definition) is 0. The lowest BCUT2D eigenvalue weighted by Gasteiger charge is -2.42. The Morgan fingerprint density at radius 3 is 2.00 bits per heavy atom. The van der Waals surface area contributed by atoms with Crippen molar-refractivity contribution in [1.29, 1.82) is 0 Å². The number of nitrogens with zero attached hydrogens (tertiary/aromatic N) is 2. The SMILES string of the molecule is c1ccc(CC2COC(N3CCN(CCC4(Cc5ccccc5)CCCCCC4)CC3)CO2)cc1. The Morgan fingerprint density at radius 2 is 1.37 bits per heavy atom. The van der Waals surface area contributed by atoms with E-state index >= 15 is 0 Å². The zero-order valence-corrected chi connectivity index (χ0v) is 21.5. The molecular formula is C31H44N2O2. The molecule has 1 saturated carbocycles. The van der Waals surface area contributed by atoms with Gasteiger partial charge in [-0.05, 0) is 48.8 Å².